The minimum Gasteiger partial charge on any atom is -0.502 e. The lowest BCUT2D eigenvalue weighted by molar-refractivity contribution is -0.386. The number of nitro groups is 1. The molecule has 0 fully saturated rings. The number of rotatable bonds is 7. The van der Waals surface area contributed by atoms with E-state index in [2.05, 4.69) is 14.8 Å². The van der Waals surface area contributed by atoms with Crippen molar-refractivity contribution in [1.29, 1.82) is 0 Å². The van der Waals surface area contributed by atoms with Gasteiger partial charge in [0.15, 0.2) is 5.75 Å². The predicted octanol–water partition coefficient (Wildman–Crippen LogP) is 1.05. The first-order chi connectivity index (χ1) is 12.5. The third-order valence-corrected chi connectivity index (χ3v) is 6.31. The number of sulfonamides is 2. The molecular weight excluding hydrogens is 400 g/mol. The molecule has 0 heterocycles. The summed E-state index contributed by atoms with van der Waals surface area (Å²) in [7, 11) is -5.42. The molecule has 0 spiro atoms. The number of aromatic hydroxyl groups is 1. The van der Waals surface area contributed by atoms with Crippen molar-refractivity contribution in [2.75, 3.05) is 24.1 Å². The Morgan fingerprint density at radius 1 is 0.926 bits per heavy atom. The lowest BCUT2D eigenvalue weighted by atomic mass is 10.3. The van der Waals surface area contributed by atoms with Crippen LogP contribution in [0.4, 0.5) is 17.1 Å². The van der Waals surface area contributed by atoms with Gasteiger partial charge in [0.1, 0.15) is 0 Å². The molecule has 146 valence electrons. The molecule has 0 radical (unpaired) electrons. The van der Waals surface area contributed by atoms with Crippen LogP contribution in [0.3, 0.4) is 0 Å². The molecule has 0 aliphatic heterocycles. The van der Waals surface area contributed by atoms with Crippen LogP contribution in [0.2, 0.25) is 0 Å². The van der Waals surface area contributed by atoms with Gasteiger partial charge < -0.3 is 10.4 Å². The highest BCUT2D eigenvalue weighted by atomic mass is 32.2. The lowest BCUT2D eigenvalue weighted by Gasteiger charge is -2.14. The van der Waals surface area contributed by atoms with E-state index in [0.717, 1.165) is 18.2 Å². The highest BCUT2D eigenvalue weighted by Gasteiger charge is 2.23. The van der Waals surface area contributed by atoms with Crippen molar-refractivity contribution in [2.45, 2.75) is 9.79 Å². The van der Waals surface area contributed by atoms with Gasteiger partial charge in [-0.05, 0) is 37.4 Å². The first kappa shape index (κ1) is 20.4. The van der Waals surface area contributed by atoms with Crippen molar-refractivity contribution in [3.63, 3.8) is 0 Å². The Hall–Kier alpha value is -2.90. The molecule has 0 atom stereocenters. The van der Waals surface area contributed by atoms with Crippen molar-refractivity contribution >= 4 is 37.1 Å². The van der Waals surface area contributed by atoms with Crippen LogP contribution in [-0.4, -0.2) is 41.0 Å². The number of nitro benzene ring substituents is 1. The molecule has 2 aromatic carbocycles. The second-order valence-corrected chi connectivity index (χ2v) is 8.75. The van der Waals surface area contributed by atoms with Crippen LogP contribution in [0.5, 0.6) is 5.75 Å². The van der Waals surface area contributed by atoms with Gasteiger partial charge in [-0.1, -0.05) is 0 Å². The van der Waals surface area contributed by atoms with Crippen LogP contribution >= 0.6 is 0 Å². The second-order valence-electron chi connectivity index (χ2n) is 5.18. The van der Waals surface area contributed by atoms with Gasteiger partial charge in [-0.25, -0.2) is 21.6 Å². The maximum Gasteiger partial charge on any atom is 0.312 e. The van der Waals surface area contributed by atoms with Crippen LogP contribution in [0, 0.1) is 10.1 Å². The topological polar surface area (TPSA) is 168 Å². The molecule has 2 rings (SSSR count). The summed E-state index contributed by atoms with van der Waals surface area (Å²) in [6.07, 6.45) is 0. The highest BCUT2D eigenvalue weighted by molar-refractivity contribution is 7.92. The Morgan fingerprint density at radius 2 is 1.52 bits per heavy atom. The van der Waals surface area contributed by atoms with Crippen molar-refractivity contribution in [3.05, 3.63) is 46.5 Å². The molecule has 0 saturated heterocycles. The summed E-state index contributed by atoms with van der Waals surface area (Å²) in [5, 5.41) is 23.1. The Kier molecular flexibility index (Phi) is 5.58. The van der Waals surface area contributed by atoms with Crippen molar-refractivity contribution in [1.82, 2.24) is 4.72 Å². The largest absolute Gasteiger partial charge is 0.502 e. The molecule has 2 aromatic rings. The summed E-state index contributed by atoms with van der Waals surface area (Å²) in [6, 6.07) is 6.31. The molecule has 0 amide bonds. The minimum absolute atomic E-state index is 0.0791. The van der Waals surface area contributed by atoms with Gasteiger partial charge >= 0.3 is 5.69 Å². The highest BCUT2D eigenvalue weighted by Crippen LogP contribution is 2.31. The van der Waals surface area contributed by atoms with E-state index in [9.17, 15) is 32.1 Å². The van der Waals surface area contributed by atoms with Gasteiger partial charge in [-0.3, -0.25) is 14.8 Å². The average Bonchev–Trinajstić information content (AvgIpc) is 2.61. The standard InChI is InChI=1S/C14H16N4O7S2/c1-15-11-5-3-9(26(22,23)16-2)7-12(11)17-27(24,25)10-4-6-14(19)13(8-10)18(20)21/h3-8,15-17,19H,1-2H3. The minimum atomic E-state index is -4.31. The lowest BCUT2D eigenvalue weighted by Crippen LogP contribution is -2.19. The molecule has 0 saturated carbocycles. The fourth-order valence-electron chi connectivity index (χ4n) is 2.13. The monoisotopic (exact) mass is 416 g/mol. The van der Waals surface area contributed by atoms with Gasteiger partial charge in [0.2, 0.25) is 10.0 Å². The van der Waals surface area contributed by atoms with E-state index in [1.165, 1.54) is 26.2 Å². The van der Waals surface area contributed by atoms with Gasteiger partial charge in [0, 0.05) is 13.1 Å². The number of phenols is 1. The predicted molar refractivity (Wildman–Crippen MR) is 97.8 cm³/mol. The second kappa shape index (κ2) is 7.38. The normalized spacial score (nSPS) is 11.8. The number of phenolic OH excluding ortho intramolecular Hbond substituents is 1. The third-order valence-electron chi connectivity index (χ3n) is 3.54. The van der Waals surface area contributed by atoms with Crippen LogP contribution in [0.15, 0.2) is 46.2 Å². The zero-order valence-electron chi connectivity index (χ0n) is 14.1. The van der Waals surface area contributed by atoms with Gasteiger partial charge in [-0.2, -0.15) is 0 Å². The number of hydrogen-bond donors (Lipinski definition) is 4. The number of hydrogen-bond acceptors (Lipinski definition) is 8. The van der Waals surface area contributed by atoms with Crippen LogP contribution in [0.1, 0.15) is 0 Å². The third kappa shape index (κ3) is 4.27. The summed E-state index contributed by atoms with van der Waals surface area (Å²) in [5.74, 6) is -0.683. The molecule has 4 N–H and O–H groups in total. The first-order valence-electron chi connectivity index (χ1n) is 7.27. The summed E-state index contributed by atoms with van der Waals surface area (Å²) >= 11 is 0. The molecule has 13 heteroatoms. The molecule has 0 aliphatic carbocycles. The van der Waals surface area contributed by atoms with E-state index in [-0.39, 0.29) is 16.3 Å². The average molecular weight is 416 g/mol. The number of benzene rings is 2. The van der Waals surface area contributed by atoms with Crippen LogP contribution in [-0.2, 0) is 20.0 Å². The summed E-state index contributed by atoms with van der Waals surface area (Å²) in [4.78, 5) is 9.31. The molecule has 27 heavy (non-hydrogen) atoms. The van der Waals surface area contributed by atoms with E-state index in [1.54, 1.807) is 0 Å². The van der Waals surface area contributed by atoms with Crippen molar-refractivity contribution in [3.8, 4) is 5.75 Å². The van der Waals surface area contributed by atoms with Crippen molar-refractivity contribution < 1.29 is 26.9 Å². The number of nitrogens with one attached hydrogen (secondary N) is 3. The molecule has 0 aromatic heterocycles. The SMILES string of the molecule is CNc1ccc(S(=O)(=O)NC)cc1NS(=O)(=O)c1ccc(O)c([N+](=O)[O-])c1. The molecule has 0 bridgehead atoms. The van der Waals surface area contributed by atoms with Gasteiger partial charge in [-0.15, -0.1) is 0 Å². The molecule has 11 nitrogen and oxygen atoms in total. The van der Waals surface area contributed by atoms with Crippen LogP contribution < -0.4 is 14.8 Å². The summed E-state index contributed by atoms with van der Waals surface area (Å²) in [5.41, 5.74) is -0.579. The quantitative estimate of drug-likeness (QED) is 0.383. The fourth-order valence-corrected chi connectivity index (χ4v) is 3.98. The molecule has 0 unspecified atom stereocenters. The van der Waals surface area contributed by atoms with E-state index in [1.807, 2.05) is 0 Å². The Bertz CT molecular complexity index is 1100. The Morgan fingerprint density at radius 3 is 2.07 bits per heavy atom. The summed E-state index contributed by atoms with van der Waals surface area (Å²) < 4.78 is 53.3. The maximum atomic E-state index is 12.6. The first-order valence-corrected chi connectivity index (χ1v) is 10.2. The maximum absolute atomic E-state index is 12.6. The van der Waals surface area contributed by atoms with Gasteiger partial charge in [0.05, 0.1) is 26.1 Å². The van der Waals surface area contributed by atoms with E-state index in [4.69, 9.17) is 0 Å². The van der Waals surface area contributed by atoms with Crippen molar-refractivity contribution in [2.24, 2.45) is 0 Å². The smallest absolute Gasteiger partial charge is 0.312 e. The fraction of sp³-hybridized carbons (Fsp3) is 0.143. The zero-order valence-corrected chi connectivity index (χ0v) is 15.8. The van der Waals surface area contributed by atoms with E-state index in [0.29, 0.717) is 6.07 Å². The number of anilines is 2. The summed E-state index contributed by atoms with van der Waals surface area (Å²) in [6.45, 7) is 0. The Labute approximate surface area is 155 Å². The van der Waals surface area contributed by atoms with E-state index < -0.39 is 41.3 Å². The zero-order chi connectivity index (χ0) is 20.4. The Balaban J connectivity index is 2.53. The molecular formula is C14H16N4O7S2. The van der Waals surface area contributed by atoms with E-state index >= 15 is 0 Å². The van der Waals surface area contributed by atoms with Gasteiger partial charge in [0.25, 0.3) is 10.0 Å². The van der Waals surface area contributed by atoms with Crippen LogP contribution in [0.25, 0.3) is 0 Å². The number of nitrogens with zero attached hydrogens (tertiary/aromatic N) is 1. The molecule has 0 aliphatic rings.